The number of hydrogen-bond donors (Lipinski definition) is 3. The van der Waals surface area contributed by atoms with Crippen molar-refractivity contribution in [3.63, 3.8) is 0 Å². The highest BCUT2D eigenvalue weighted by atomic mass is 16.5. The third-order valence-electron chi connectivity index (χ3n) is 4.01. The normalized spacial score (nSPS) is 20.1. The van der Waals surface area contributed by atoms with Crippen LogP contribution in [-0.2, 0) is 23.3 Å². The average Bonchev–Trinajstić information content (AvgIpc) is 3.13. The number of ether oxygens (including phenoxy) is 1. The lowest BCUT2D eigenvalue weighted by molar-refractivity contribution is -0.126. The van der Waals surface area contributed by atoms with Crippen molar-refractivity contribution in [2.24, 2.45) is 5.73 Å². The number of hydrogen-bond acceptors (Lipinski definition) is 4. The van der Waals surface area contributed by atoms with Gasteiger partial charge in [-0.3, -0.25) is 9.89 Å². The third kappa shape index (κ3) is 2.27. The average molecular weight is 286 g/mol. The van der Waals surface area contributed by atoms with Gasteiger partial charge in [0.25, 0.3) is 0 Å². The van der Waals surface area contributed by atoms with Crippen LogP contribution in [-0.4, -0.2) is 23.2 Å². The van der Waals surface area contributed by atoms with Crippen molar-refractivity contribution >= 4 is 5.91 Å². The molecule has 0 saturated heterocycles. The number of nitrogens with two attached hydrogens (primary N) is 1. The lowest BCUT2D eigenvalue weighted by Gasteiger charge is -2.24. The molecule has 0 saturated carbocycles. The highest BCUT2D eigenvalue weighted by Gasteiger charge is 2.42. The Morgan fingerprint density at radius 1 is 1.52 bits per heavy atom. The zero-order valence-corrected chi connectivity index (χ0v) is 11.8. The Balaban J connectivity index is 1.81. The Hall–Kier alpha value is -2.34. The fourth-order valence-corrected chi connectivity index (χ4v) is 2.84. The van der Waals surface area contributed by atoms with Crippen molar-refractivity contribution in [3.05, 3.63) is 47.3 Å². The fourth-order valence-electron chi connectivity index (χ4n) is 2.84. The molecule has 1 aromatic heterocycles. The van der Waals surface area contributed by atoms with Gasteiger partial charge in [0.05, 0.1) is 19.3 Å². The molecule has 0 spiro atoms. The van der Waals surface area contributed by atoms with Crippen molar-refractivity contribution in [2.45, 2.75) is 24.9 Å². The quantitative estimate of drug-likeness (QED) is 0.776. The molecule has 6 heteroatoms. The van der Waals surface area contributed by atoms with Gasteiger partial charge in [-0.05, 0) is 36.1 Å². The van der Waals surface area contributed by atoms with Crippen molar-refractivity contribution in [2.75, 3.05) is 7.11 Å². The number of carbonyl (C=O) groups is 1. The number of rotatable bonds is 4. The third-order valence-corrected chi connectivity index (χ3v) is 4.01. The molecule has 1 amide bonds. The van der Waals surface area contributed by atoms with E-state index >= 15 is 0 Å². The van der Waals surface area contributed by atoms with E-state index < -0.39 is 5.54 Å². The maximum absolute atomic E-state index is 12.5. The monoisotopic (exact) mass is 286 g/mol. The highest BCUT2D eigenvalue weighted by Crippen LogP contribution is 2.39. The molecule has 0 aliphatic heterocycles. The van der Waals surface area contributed by atoms with Crippen LogP contribution in [0.25, 0.3) is 0 Å². The molecule has 1 unspecified atom stereocenters. The number of fused-ring (bicyclic) bond motifs is 1. The lowest BCUT2D eigenvalue weighted by Crippen LogP contribution is -2.49. The second kappa shape index (κ2) is 5.21. The molecular formula is C15H18N4O2. The second-order valence-electron chi connectivity index (χ2n) is 5.22. The molecule has 1 heterocycles. The molecule has 110 valence electrons. The van der Waals surface area contributed by atoms with E-state index in [1.165, 1.54) is 0 Å². The van der Waals surface area contributed by atoms with E-state index in [-0.39, 0.29) is 5.91 Å². The summed E-state index contributed by atoms with van der Waals surface area (Å²) in [5.41, 5.74) is 8.11. The van der Waals surface area contributed by atoms with E-state index in [4.69, 9.17) is 10.5 Å². The molecule has 2 aromatic rings. The highest BCUT2D eigenvalue weighted by molar-refractivity contribution is 5.89. The Morgan fingerprint density at radius 2 is 2.38 bits per heavy atom. The van der Waals surface area contributed by atoms with Gasteiger partial charge in [-0.25, -0.2) is 0 Å². The number of carbonyl (C=O) groups excluding carboxylic acids is 1. The number of aromatic amines is 1. The van der Waals surface area contributed by atoms with Gasteiger partial charge in [-0.2, -0.15) is 5.10 Å². The topological polar surface area (TPSA) is 93.0 Å². The summed E-state index contributed by atoms with van der Waals surface area (Å²) in [4.78, 5) is 12.5. The van der Waals surface area contributed by atoms with Gasteiger partial charge in [0, 0.05) is 6.20 Å². The van der Waals surface area contributed by atoms with E-state index in [1.807, 2.05) is 24.3 Å². The summed E-state index contributed by atoms with van der Waals surface area (Å²) >= 11 is 0. The maximum Gasteiger partial charge on any atom is 0.245 e. The van der Waals surface area contributed by atoms with E-state index in [2.05, 4.69) is 15.5 Å². The number of amides is 1. The number of benzene rings is 1. The summed E-state index contributed by atoms with van der Waals surface area (Å²) in [6, 6.07) is 7.48. The number of aromatic nitrogens is 2. The Bertz CT molecular complexity index is 654. The van der Waals surface area contributed by atoms with Gasteiger partial charge in [0.2, 0.25) is 5.91 Å². The molecule has 21 heavy (non-hydrogen) atoms. The summed E-state index contributed by atoms with van der Waals surface area (Å²) in [6.07, 6.45) is 2.97. The van der Waals surface area contributed by atoms with Crippen LogP contribution < -0.4 is 15.8 Å². The van der Waals surface area contributed by atoms with Crippen LogP contribution in [0.5, 0.6) is 5.75 Å². The van der Waals surface area contributed by atoms with Crippen LogP contribution in [0.3, 0.4) is 0 Å². The number of nitrogens with zero attached hydrogens (tertiary/aromatic N) is 1. The van der Waals surface area contributed by atoms with Gasteiger partial charge in [-0.1, -0.05) is 12.1 Å². The first-order chi connectivity index (χ1) is 10.1. The van der Waals surface area contributed by atoms with Crippen LogP contribution in [0, 0.1) is 0 Å². The first kappa shape index (κ1) is 13.6. The molecular weight excluding hydrogens is 268 g/mol. The minimum atomic E-state index is -0.996. The molecule has 1 aliphatic carbocycles. The summed E-state index contributed by atoms with van der Waals surface area (Å²) in [6.45, 7) is 0.386. The Kier molecular flexibility index (Phi) is 3.39. The lowest BCUT2D eigenvalue weighted by atomic mass is 9.92. The van der Waals surface area contributed by atoms with Crippen LogP contribution in [0.1, 0.15) is 23.2 Å². The van der Waals surface area contributed by atoms with Crippen molar-refractivity contribution in [3.8, 4) is 5.75 Å². The van der Waals surface area contributed by atoms with E-state index in [0.29, 0.717) is 13.0 Å². The van der Waals surface area contributed by atoms with E-state index in [1.54, 1.807) is 13.3 Å². The molecule has 4 N–H and O–H groups in total. The second-order valence-corrected chi connectivity index (χ2v) is 5.22. The van der Waals surface area contributed by atoms with Gasteiger partial charge in [0.15, 0.2) is 0 Å². The van der Waals surface area contributed by atoms with Crippen LogP contribution in [0.2, 0.25) is 0 Å². The summed E-state index contributed by atoms with van der Waals surface area (Å²) in [7, 11) is 1.63. The molecule has 6 nitrogen and oxygen atoms in total. The smallest absolute Gasteiger partial charge is 0.245 e. The standard InChI is InChI=1S/C15H18N4O2/c1-21-13-4-2-3-12-11(13)5-7-15(12,16)14(20)17-9-10-6-8-18-19-10/h2-4,6,8H,5,7,9,16H2,1H3,(H,17,20)(H,18,19). The molecule has 3 rings (SSSR count). The minimum Gasteiger partial charge on any atom is -0.496 e. The first-order valence-electron chi connectivity index (χ1n) is 6.87. The largest absolute Gasteiger partial charge is 0.496 e. The molecule has 0 radical (unpaired) electrons. The van der Waals surface area contributed by atoms with E-state index in [0.717, 1.165) is 29.0 Å². The van der Waals surface area contributed by atoms with Gasteiger partial charge in [-0.15, -0.1) is 0 Å². The Morgan fingerprint density at radius 3 is 3.10 bits per heavy atom. The minimum absolute atomic E-state index is 0.177. The van der Waals surface area contributed by atoms with E-state index in [9.17, 15) is 4.79 Å². The molecule has 1 atom stereocenters. The van der Waals surface area contributed by atoms with Crippen LogP contribution >= 0.6 is 0 Å². The number of methoxy groups -OCH3 is 1. The Labute approximate surface area is 122 Å². The predicted octanol–water partition coefficient (Wildman–Crippen LogP) is 0.835. The zero-order chi connectivity index (χ0) is 14.9. The molecule has 0 bridgehead atoms. The van der Waals surface area contributed by atoms with Crippen LogP contribution in [0.4, 0.5) is 0 Å². The number of nitrogens with one attached hydrogen (secondary N) is 2. The van der Waals surface area contributed by atoms with Gasteiger partial charge in [0.1, 0.15) is 11.3 Å². The zero-order valence-electron chi connectivity index (χ0n) is 11.8. The van der Waals surface area contributed by atoms with Gasteiger partial charge >= 0.3 is 0 Å². The van der Waals surface area contributed by atoms with Crippen molar-refractivity contribution in [1.29, 1.82) is 0 Å². The van der Waals surface area contributed by atoms with Crippen LogP contribution in [0.15, 0.2) is 30.5 Å². The molecule has 1 aromatic carbocycles. The molecule has 0 fully saturated rings. The summed E-state index contributed by atoms with van der Waals surface area (Å²) < 4.78 is 5.35. The maximum atomic E-state index is 12.5. The first-order valence-corrected chi connectivity index (χ1v) is 6.87. The molecule has 1 aliphatic rings. The van der Waals surface area contributed by atoms with Gasteiger partial charge < -0.3 is 15.8 Å². The number of H-pyrrole nitrogens is 1. The van der Waals surface area contributed by atoms with Crippen molar-refractivity contribution in [1.82, 2.24) is 15.5 Å². The summed E-state index contributed by atoms with van der Waals surface area (Å²) in [5, 5.41) is 9.53. The van der Waals surface area contributed by atoms with Crippen molar-refractivity contribution < 1.29 is 9.53 Å². The SMILES string of the molecule is COc1cccc2c1CCC2(N)C(=O)NCc1ccn[nH]1. The fraction of sp³-hybridized carbons (Fsp3) is 0.333. The predicted molar refractivity (Wildman–Crippen MR) is 77.6 cm³/mol. The summed E-state index contributed by atoms with van der Waals surface area (Å²) in [5.74, 6) is 0.616.